The Labute approximate surface area is 116 Å². The van der Waals surface area contributed by atoms with Gasteiger partial charge in [-0.25, -0.2) is 0 Å². The van der Waals surface area contributed by atoms with Gasteiger partial charge in [-0.05, 0) is 11.6 Å². The summed E-state index contributed by atoms with van der Waals surface area (Å²) >= 11 is 0. The lowest BCUT2D eigenvalue weighted by Gasteiger charge is -2.39. The number of methoxy groups -OCH3 is 1. The molecule has 0 aromatic heterocycles. The van der Waals surface area contributed by atoms with E-state index in [1.54, 1.807) is 7.11 Å². The van der Waals surface area contributed by atoms with Gasteiger partial charge in [0, 0.05) is 6.42 Å². The van der Waals surface area contributed by atoms with Crippen molar-refractivity contribution in [1.29, 1.82) is 0 Å². The highest BCUT2D eigenvalue weighted by Crippen LogP contribution is 2.50. The Morgan fingerprint density at radius 1 is 1.45 bits per heavy atom. The molecule has 2 atom stereocenters. The van der Waals surface area contributed by atoms with Crippen molar-refractivity contribution in [3.63, 3.8) is 0 Å². The van der Waals surface area contributed by atoms with Gasteiger partial charge in [0.1, 0.15) is 0 Å². The third kappa shape index (κ3) is 1.39. The van der Waals surface area contributed by atoms with Gasteiger partial charge in [0.25, 0.3) is 5.91 Å². The number of nitrogens with zero attached hydrogens (tertiary/aromatic N) is 1. The lowest BCUT2D eigenvalue weighted by atomic mass is 9.94. The van der Waals surface area contributed by atoms with Gasteiger partial charge in [-0.1, -0.05) is 0 Å². The standard InChI is InChI=1S/C14H16N2O4/c1-16-4-3-8-5-9-12(20-7-19-9)13(18-2)11(8)14(16)15-10(17)6-16/h5,14H,3-4,6-7H2,1-2H3/p+1/t14-,16+/m1/s1. The molecule has 1 fully saturated rings. The van der Waals surface area contributed by atoms with E-state index in [1.807, 2.05) is 6.07 Å². The second-order valence-corrected chi connectivity index (χ2v) is 5.80. The maximum absolute atomic E-state index is 11.8. The number of amides is 1. The minimum absolute atomic E-state index is 0.0595. The van der Waals surface area contributed by atoms with Crippen LogP contribution in [0.4, 0.5) is 0 Å². The van der Waals surface area contributed by atoms with Crippen LogP contribution in [0.25, 0.3) is 0 Å². The van der Waals surface area contributed by atoms with Crippen LogP contribution in [0.15, 0.2) is 6.07 Å². The van der Waals surface area contributed by atoms with E-state index < -0.39 is 0 Å². The van der Waals surface area contributed by atoms with Crippen molar-refractivity contribution in [2.75, 3.05) is 34.0 Å². The molecule has 0 saturated carbocycles. The van der Waals surface area contributed by atoms with Gasteiger partial charge < -0.3 is 14.2 Å². The van der Waals surface area contributed by atoms with Crippen LogP contribution in [0.1, 0.15) is 17.3 Å². The van der Waals surface area contributed by atoms with E-state index in [9.17, 15) is 4.79 Å². The Morgan fingerprint density at radius 3 is 3.10 bits per heavy atom. The molecule has 1 aromatic carbocycles. The quantitative estimate of drug-likeness (QED) is 0.762. The number of hydrogen-bond donors (Lipinski definition) is 1. The van der Waals surface area contributed by atoms with E-state index in [-0.39, 0.29) is 18.9 Å². The van der Waals surface area contributed by atoms with Gasteiger partial charge in [-0.3, -0.25) is 14.6 Å². The third-order valence-corrected chi connectivity index (χ3v) is 4.54. The molecule has 1 N–H and O–H groups in total. The molecule has 1 saturated heterocycles. The van der Waals surface area contributed by atoms with Crippen LogP contribution in [-0.4, -0.2) is 44.4 Å². The Morgan fingerprint density at radius 2 is 2.30 bits per heavy atom. The average molecular weight is 277 g/mol. The SMILES string of the molecule is COc1c2c(cc3c1[C@@H]1NC(=O)C[N@+]1(C)CC3)OCO2. The van der Waals surface area contributed by atoms with Crippen molar-refractivity contribution < 1.29 is 23.5 Å². The van der Waals surface area contributed by atoms with E-state index in [0.717, 1.165) is 24.3 Å². The van der Waals surface area contributed by atoms with E-state index in [2.05, 4.69) is 12.4 Å². The summed E-state index contributed by atoms with van der Waals surface area (Å²) in [5.74, 6) is 2.18. The van der Waals surface area contributed by atoms with Crippen molar-refractivity contribution in [1.82, 2.24) is 5.32 Å². The van der Waals surface area contributed by atoms with E-state index in [0.29, 0.717) is 22.5 Å². The van der Waals surface area contributed by atoms with Gasteiger partial charge in [0.2, 0.25) is 12.5 Å². The molecule has 3 aliphatic rings. The summed E-state index contributed by atoms with van der Waals surface area (Å²) in [7, 11) is 3.74. The van der Waals surface area contributed by atoms with Crippen molar-refractivity contribution in [2.24, 2.45) is 0 Å². The van der Waals surface area contributed by atoms with Crippen LogP contribution in [0.2, 0.25) is 0 Å². The molecule has 3 aliphatic heterocycles. The number of nitrogens with one attached hydrogen (secondary N) is 1. The summed E-state index contributed by atoms with van der Waals surface area (Å²) in [5, 5.41) is 3.08. The molecular formula is C14H17N2O4+. The first-order valence-electron chi connectivity index (χ1n) is 6.75. The minimum atomic E-state index is -0.0595. The highest BCUT2D eigenvalue weighted by Gasteiger charge is 2.49. The van der Waals surface area contributed by atoms with Gasteiger partial charge in [-0.2, -0.15) is 0 Å². The second-order valence-electron chi connectivity index (χ2n) is 5.80. The Hall–Kier alpha value is -1.95. The summed E-state index contributed by atoms with van der Waals surface area (Å²) in [5.41, 5.74) is 2.21. The Kier molecular flexibility index (Phi) is 2.24. The molecule has 1 amide bonds. The maximum Gasteiger partial charge on any atom is 0.280 e. The smallest absolute Gasteiger partial charge is 0.280 e. The summed E-state index contributed by atoms with van der Waals surface area (Å²) in [6.07, 6.45) is 0.847. The zero-order chi connectivity index (χ0) is 13.9. The summed E-state index contributed by atoms with van der Waals surface area (Å²) in [6, 6.07) is 2.02. The molecule has 0 radical (unpaired) electrons. The zero-order valence-electron chi connectivity index (χ0n) is 11.6. The van der Waals surface area contributed by atoms with Gasteiger partial charge in [-0.15, -0.1) is 0 Å². The molecule has 6 heteroatoms. The molecule has 3 heterocycles. The number of benzene rings is 1. The third-order valence-electron chi connectivity index (χ3n) is 4.54. The second kappa shape index (κ2) is 3.79. The fourth-order valence-corrected chi connectivity index (χ4v) is 3.53. The van der Waals surface area contributed by atoms with Crippen molar-refractivity contribution in [2.45, 2.75) is 12.6 Å². The van der Waals surface area contributed by atoms with Crippen molar-refractivity contribution in [3.8, 4) is 17.2 Å². The predicted octanol–water partition coefficient (Wildman–Crippen LogP) is 0.555. The van der Waals surface area contributed by atoms with Crippen molar-refractivity contribution >= 4 is 5.91 Å². The van der Waals surface area contributed by atoms with Crippen LogP contribution in [0.3, 0.4) is 0 Å². The van der Waals surface area contributed by atoms with E-state index in [4.69, 9.17) is 14.2 Å². The normalized spacial score (nSPS) is 29.7. The minimum Gasteiger partial charge on any atom is -0.492 e. The molecule has 0 aliphatic carbocycles. The van der Waals surface area contributed by atoms with Gasteiger partial charge in [0.05, 0.1) is 26.3 Å². The van der Waals surface area contributed by atoms with Crippen molar-refractivity contribution in [3.05, 3.63) is 17.2 Å². The fourth-order valence-electron chi connectivity index (χ4n) is 3.53. The largest absolute Gasteiger partial charge is 0.492 e. The molecule has 106 valence electrons. The van der Waals surface area contributed by atoms with Crippen LogP contribution >= 0.6 is 0 Å². The van der Waals surface area contributed by atoms with Crippen LogP contribution in [-0.2, 0) is 11.2 Å². The molecule has 20 heavy (non-hydrogen) atoms. The number of fused-ring (bicyclic) bond motifs is 4. The molecule has 4 rings (SSSR count). The number of rotatable bonds is 1. The molecule has 0 unspecified atom stereocenters. The Bertz CT molecular complexity index is 616. The predicted molar refractivity (Wildman–Crippen MR) is 69.6 cm³/mol. The van der Waals surface area contributed by atoms with E-state index >= 15 is 0 Å². The first-order chi connectivity index (χ1) is 9.62. The van der Waals surface area contributed by atoms with Crippen LogP contribution in [0.5, 0.6) is 17.2 Å². The molecule has 0 bridgehead atoms. The molecule has 6 nitrogen and oxygen atoms in total. The molecular weight excluding hydrogens is 260 g/mol. The first-order valence-corrected chi connectivity index (χ1v) is 6.75. The van der Waals surface area contributed by atoms with Crippen LogP contribution in [0, 0.1) is 0 Å². The number of carbonyl (C=O) groups is 1. The number of likely N-dealkylation sites (N-methyl/N-ethyl adjacent to an activating group) is 1. The summed E-state index contributed by atoms with van der Waals surface area (Å²) < 4.78 is 17.3. The van der Waals surface area contributed by atoms with E-state index in [1.165, 1.54) is 5.56 Å². The zero-order valence-corrected chi connectivity index (χ0v) is 11.6. The molecule has 1 aromatic rings. The first kappa shape index (κ1) is 11.8. The number of hydrogen-bond acceptors (Lipinski definition) is 4. The van der Waals surface area contributed by atoms with Gasteiger partial charge >= 0.3 is 0 Å². The monoisotopic (exact) mass is 277 g/mol. The summed E-state index contributed by atoms with van der Waals surface area (Å²) in [6.45, 7) is 1.67. The molecule has 0 spiro atoms. The topological polar surface area (TPSA) is 56.8 Å². The number of ether oxygens (including phenoxy) is 3. The fraction of sp³-hybridized carbons (Fsp3) is 0.500. The highest BCUT2D eigenvalue weighted by molar-refractivity contribution is 5.79. The number of quaternary nitrogens is 1. The number of carbonyl (C=O) groups excluding carboxylic acids is 1. The Balaban J connectivity index is 1.93. The maximum atomic E-state index is 11.8. The highest BCUT2D eigenvalue weighted by atomic mass is 16.7. The average Bonchev–Trinajstić information content (AvgIpc) is 2.98. The van der Waals surface area contributed by atoms with Crippen LogP contribution < -0.4 is 19.5 Å². The lowest BCUT2D eigenvalue weighted by molar-refractivity contribution is -0.927. The lowest BCUT2D eigenvalue weighted by Crippen LogP contribution is -2.49. The summed E-state index contributed by atoms with van der Waals surface area (Å²) in [4.78, 5) is 11.8. The van der Waals surface area contributed by atoms with Gasteiger partial charge in [0.15, 0.2) is 24.2 Å².